The highest BCUT2D eigenvalue weighted by atomic mass is 19.1. The highest BCUT2D eigenvalue weighted by Crippen LogP contribution is 2.27. The summed E-state index contributed by atoms with van der Waals surface area (Å²) in [4.78, 5) is 14.3. The Labute approximate surface area is 125 Å². The van der Waals surface area contributed by atoms with Crippen LogP contribution in [0.2, 0.25) is 0 Å². The molecular formula is C16H23FN2O2. The van der Waals surface area contributed by atoms with Crippen LogP contribution in [0.5, 0.6) is 0 Å². The van der Waals surface area contributed by atoms with E-state index in [1.54, 1.807) is 19.2 Å². The largest absolute Gasteiger partial charge is 0.385 e. The number of amides is 1. The van der Waals surface area contributed by atoms with Crippen molar-refractivity contribution in [1.82, 2.24) is 10.2 Å². The second-order valence-electron chi connectivity index (χ2n) is 5.31. The number of methoxy groups -OCH3 is 1. The highest BCUT2D eigenvalue weighted by molar-refractivity contribution is 5.84. The first-order chi connectivity index (χ1) is 10.2. The fraction of sp³-hybridized carbons (Fsp3) is 0.562. The molecule has 2 atom stereocenters. The number of hydrogen-bond acceptors (Lipinski definition) is 3. The van der Waals surface area contributed by atoms with E-state index in [-0.39, 0.29) is 23.9 Å². The van der Waals surface area contributed by atoms with Gasteiger partial charge in [-0.05, 0) is 37.0 Å². The minimum absolute atomic E-state index is 0.129. The molecular weight excluding hydrogens is 271 g/mol. The number of hydrogen-bond donors (Lipinski definition) is 1. The van der Waals surface area contributed by atoms with Gasteiger partial charge in [0, 0.05) is 20.3 Å². The number of benzene rings is 1. The maximum Gasteiger partial charge on any atom is 0.241 e. The van der Waals surface area contributed by atoms with E-state index >= 15 is 0 Å². The average Bonchev–Trinajstić information content (AvgIpc) is 2.81. The van der Waals surface area contributed by atoms with E-state index in [0.717, 1.165) is 24.8 Å². The Hall–Kier alpha value is -1.46. The van der Waals surface area contributed by atoms with Crippen molar-refractivity contribution in [1.29, 1.82) is 0 Å². The minimum Gasteiger partial charge on any atom is -0.385 e. The van der Waals surface area contributed by atoms with Crippen LogP contribution in [0.4, 0.5) is 4.39 Å². The predicted molar refractivity (Wildman–Crippen MR) is 79.2 cm³/mol. The van der Waals surface area contributed by atoms with Gasteiger partial charge in [0.15, 0.2) is 0 Å². The van der Waals surface area contributed by atoms with E-state index in [2.05, 4.69) is 5.32 Å². The van der Waals surface area contributed by atoms with Gasteiger partial charge in [-0.15, -0.1) is 0 Å². The molecule has 0 radical (unpaired) electrons. The number of nitrogens with zero attached hydrogens (tertiary/aromatic N) is 1. The molecule has 2 unspecified atom stereocenters. The second kappa shape index (κ2) is 7.52. The quantitative estimate of drug-likeness (QED) is 0.785. The zero-order chi connectivity index (χ0) is 15.2. The standard InChI is InChI=1S/C16H23FN2O2/c1-3-14-16(20)19(10-4-5-11-21-2)15(18-14)12-6-8-13(17)9-7-12/h6-9,14-15,18H,3-5,10-11H2,1-2H3. The number of rotatable bonds is 7. The van der Waals surface area contributed by atoms with Crippen molar-refractivity contribution in [2.45, 2.75) is 38.4 Å². The van der Waals surface area contributed by atoms with E-state index in [9.17, 15) is 9.18 Å². The Morgan fingerprint density at radius 2 is 2.00 bits per heavy atom. The van der Waals surface area contributed by atoms with Gasteiger partial charge in [0.1, 0.15) is 12.0 Å². The zero-order valence-electron chi connectivity index (χ0n) is 12.6. The van der Waals surface area contributed by atoms with Crippen LogP contribution >= 0.6 is 0 Å². The van der Waals surface area contributed by atoms with Gasteiger partial charge in [-0.25, -0.2) is 4.39 Å². The summed E-state index contributed by atoms with van der Waals surface area (Å²) < 4.78 is 18.1. The molecule has 1 aromatic carbocycles. The monoisotopic (exact) mass is 294 g/mol. The number of carbonyl (C=O) groups excluding carboxylic acids is 1. The predicted octanol–water partition coefficient (Wildman–Crippen LogP) is 2.46. The molecule has 1 fully saturated rings. The molecule has 5 heteroatoms. The summed E-state index contributed by atoms with van der Waals surface area (Å²) in [7, 11) is 1.68. The molecule has 0 spiro atoms. The number of carbonyl (C=O) groups is 1. The van der Waals surface area contributed by atoms with E-state index in [4.69, 9.17) is 4.74 Å². The summed E-state index contributed by atoms with van der Waals surface area (Å²) in [6.45, 7) is 3.38. The number of nitrogens with one attached hydrogen (secondary N) is 1. The number of ether oxygens (including phenoxy) is 1. The molecule has 2 rings (SSSR count). The summed E-state index contributed by atoms with van der Waals surface area (Å²) in [6.07, 6.45) is 2.42. The van der Waals surface area contributed by atoms with Crippen LogP contribution in [0, 0.1) is 5.82 Å². The van der Waals surface area contributed by atoms with Gasteiger partial charge in [0.25, 0.3) is 0 Å². The molecule has 4 nitrogen and oxygen atoms in total. The Morgan fingerprint density at radius 3 is 2.62 bits per heavy atom. The van der Waals surface area contributed by atoms with Crippen LogP contribution in [0.3, 0.4) is 0 Å². The molecule has 116 valence electrons. The lowest BCUT2D eigenvalue weighted by Gasteiger charge is -2.24. The molecule has 0 bridgehead atoms. The van der Waals surface area contributed by atoms with Crippen LogP contribution in [0.25, 0.3) is 0 Å². The number of halogens is 1. The summed E-state index contributed by atoms with van der Waals surface area (Å²) in [5.41, 5.74) is 0.924. The van der Waals surface area contributed by atoms with Crippen LogP contribution in [-0.2, 0) is 9.53 Å². The maximum atomic E-state index is 13.1. The molecule has 1 saturated heterocycles. The molecule has 0 saturated carbocycles. The van der Waals surface area contributed by atoms with Crippen LogP contribution in [0.1, 0.15) is 37.9 Å². The molecule has 1 aromatic rings. The zero-order valence-corrected chi connectivity index (χ0v) is 12.6. The lowest BCUT2D eigenvalue weighted by molar-refractivity contribution is -0.130. The molecule has 1 aliphatic heterocycles. The van der Waals surface area contributed by atoms with Crippen molar-refractivity contribution in [3.05, 3.63) is 35.6 Å². The summed E-state index contributed by atoms with van der Waals surface area (Å²) in [5.74, 6) is -0.133. The van der Waals surface area contributed by atoms with Gasteiger partial charge in [-0.3, -0.25) is 10.1 Å². The van der Waals surface area contributed by atoms with Gasteiger partial charge in [-0.2, -0.15) is 0 Å². The molecule has 1 amide bonds. The molecule has 21 heavy (non-hydrogen) atoms. The minimum atomic E-state index is -0.262. The van der Waals surface area contributed by atoms with Crippen molar-refractivity contribution in [2.24, 2.45) is 0 Å². The Morgan fingerprint density at radius 1 is 1.29 bits per heavy atom. The fourth-order valence-corrected chi connectivity index (χ4v) is 2.66. The lowest BCUT2D eigenvalue weighted by atomic mass is 10.1. The van der Waals surface area contributed by atoms with Crippen LogP contribution in [-0.4, -0.2) is 37.1 Å². The topological polar surface area (TPSA) is 41.6 Å². The maximum absolute atomic E-state index is 13.1. The molecule has 1 N–H and O–H groups in total. The SMILES string of the molecule is CCC1NC(c2ccc(F)cc2)N(CCCCOC)C1=O. The van der Waals surface area contributed by atoms with Crippen molar-refractivity contribution in [2.75, 3.05) is 20.3 Å². The smallest absolute Gasteiger partial charge is 0.241 e. The van der Waals surface area contributed by atoms with Crippen molar-refractivity contribution in [3.63, 3.8) is 0 Å². The average molecular weight is 294 g/mol. The third kappa shape index (κ3) is 3.80. The second-order valence-corrected chi connectivity index (χ2v) is 5.31. The van der Waals surface area contributed by atoms with Crippen LogP contribution in [0.15, 0.2) is 24.3 Å². The number of unbranched alkanes of at least 4 members (excludes halogenated alkanes) is 1. The first-order valence-electron chi connectivity index (χ1n) is 7.48. The van der Waals surface area contributed by atoms with E-state index in [1.165, 1.54) is 12.1 Å². The van der Waals surface area contributed by atoms with Gasteiger partial charge in [0.05, 0.1) is 6.04 Å². The molecule has 0 aromatic heterocycles. The van der Waals surface area contributed by atoms with Crippen molar-refractivity contribution >= 4 is 5.91 Å². The summed E-state index contributed by atoms with van der Waals surface area (Å²) in [6, 6.07) is 6.19. The first-order valence-corrected chi connectivity index (χ1v) is 7.48. The van der Waals surface area contributed by atoms with Gasteiger partial charge in [0.2, 0.25) is 5.91 Å². The summed E-state index contributed by atoms with van der Waals surface area (Å²) >= 11 is 0. The third-order valence-electron chi connectivity index (χ3n) is 3.84. The van der Waals surface area contributed by atoms with Gasteiger partial charge < -0.3 is 9.64 Å². The highest BCUT2D eigenvalue weighted by Gasteiger charge is 2.37. The van der Waals surface area contributed by atoms with Crippen molar-refractivity contribution in [3.8, 4) is 0 Å². The molecule has 1 aliphatic rings. The van der Waals surface area contributed by atoms with Gasteiger partial charge in [-0.1, -0.05) is 19.1 Å². The van der Waals surface area contributed by atoms with Crippen LogP contribution < -0.4 is 5.32 Å². The molecule has 0 aliphatic carbocycles. The van der Waals surface area contributed by atoms with E-state index in [0.29, 0.717) is 13.2 Å². The Kier molecular flexibility index (Phi) is 5.70. The fourth-order valence-electron chi connectivity index (χ4n) is 2.66. The Bertz CT molecular complexity index is 464. The third-order valence-corrected chi connectivity index (χ3v) is 3.84. The normalized spacial score (nSPS) is 22.0. The lowest BCUT2D eigenvalue weighted by Crippen LogP contribution is -2.32. The van der Waals surface area contributed by atoms with E-state index < -0.39 is 0 Å². The Balaban J connectivity index is 2.08. The van der Waals surface area contributed by atoms with Gasteiger partial charge >= 0.3 is 0 Å². The van der Waals surface area contributed by atoms with Crippen molar-refractivity contribution < 1.29 is 13.9 Å². The summed E-state index contributed by atoms with van der Waals surface area (Å²) in [5, 5.41) is 3.34. The first kappa shape index (κ1) is 15.9. The molecule has 1 heterocycles. The van der Waals surface area contributed by atoms with E-state index in [1.807, 2.05) is 11.8 Å².